The fraction of sp³-hybridized carbons (Fsp3) is 0.333. The highest BCUT2D eigenvalue weighted by atomic mass is 32.2. The number of benzene rings is 1. The van der Waals surface area contributed by atoms with E-state index in [0.29, 0.717) is 17.6 Å². The minimum atomic E-state index is -4.19. The molecule has 2 rings (SSSR count). The van der Waals surface area contributed by atoms with Crippen molar-refractivity contribution in [2.45, 2.75) is 13.0 Å². The zero-order valence-electron chi connectivity index (χ0n) is 8.42. The Labute approximate surface area is 93.9 Å². The molecule has 0 spiro atoms. The first-order chi connectivity index (χ1) is 7.46. The molecular weight excluding hydrogens is 231 g/mol. The molecule has 16 heavy (non-hydrogen) atoms. The van der Waals surface area contributed by atoms with Gasteiger partial charge in [-0.3, -0.25) is 0 Å². The van der Waals surface area contributed by atoms with E-state index in [2.05, 4.69) is 0 Å². The maximum Gasteiger partial charge on any atom is 0.491 e. The predicted molar refractivity (Wildman–Crippen MR) is 57.1 cm³/mol. The Kier molecular flexibility index (Phi) is 3.03. The quantitative estimate of drug-likeness (QED) is 0.541. The van der Waals surface area contributed by atoms with E-state index in [1.165, 1.54) is 0 Å². The molecule has 1 N–H and O–H groups in total. The second kappa shape index (κ2) is 4.17. The number of fused-ring (bicyclic) bond motifs is 1. The van der Waals surface area contributed by atoms with Gasteiger partial charge in [0.05, 0.1) is 16.7 Å². The van der Waals surface area contributed by atoms with Crippen LogP contribution in [0.1, 0.15) is 11.1 Å². The summed E-state index contributed by atoms with van der Waals surface area (Å²) in [6, 6.07) is 5.20. The Morgan fingerprint density at radius 2 is 2.25 bits per heavy atom. The molecule has 0 fully saturated rings. The lowest BCUT2D eigenvalue weighted by Gasteiger charge is -2.07. The molecule has 0 unspecified atom stereocenters. The van der Waals surface area contributed by atoms with Crippen molar-refractivity contribution in [1.82, 2.24) is 0 Å². The van der Waals surface area contributed by atoms with Crippen LogP contribution in [0.2, 0.25) is 0 Å². The lowest BCUT2D eigenvalue weighted by atomic mass is 9.78. The van der Waals surface area contributed by atoms with E-state index in [9.17, 15) is 18.0 Å². The van der Waals surface area contributed by atoms with E-state index in [1.807, 2.05) is 0 Å². The van der Waals surface area contributed by atoms with Gasteiger partial charge in [-0.15, -0.1) is 0 Å². The van der Waals surface area contributed by atoms with Gasteiger partial charge in [0.15, 0.2) is 0 Å². The van der Waals surface area contributed by atoms with Gasteiger partial charge in [0.2, 0.25) is 0 Å². The standard InChI is InChI=1S/C9H11BO5S/c11-10-9-5-7(3-4-16(12,13)14)1-2-8(9)6-15-10/h1-2,5,11H,3-4,6H2,(H,12,13,14)/p-1. The van der Waals surface area contributed by atoms with Gasteiger partial charge in [-0.1, -0.05) is 18.2 Å². The molecule has 1 aliphatic rings. The Morgan fingerprint density at radius 1 is 1.50 bits per heavy atom. The summed E-state index contributed by atoms with van der Waals surface area (Å²) in [6.45, 7) is 0.358. The topological polar surface area (TPSA) is 86.7 Å². The van der Waals surface area contributed by atoms with Gasteiger partial charge in [-0.2, -0.15) is 0 Å². The zero-order valence-corrected chi connectivity index (χ0v) is 9.24. The summed E-state index contributed by atoms with van der Waals surface area (Å²) < 4.78 is 36.4. The summed E-state index contributed by atoms with van der Waals surface area (Å²) in [5, 5.41) is 9.43. The summed E-state index contributed by atoms with van der Waals surface area (Å²) in [5.74, 6) is -0.428. The molecule has 1 aromatic rings. The van der Waals surface area contributed by atoms with E-state index in [-0.39, 0.29) is 6.42 Å². The highest BCUT2D eigenvalue weighted by Crippen LogP contribution is 2.12. The van der Waals surface area contributed by atoms with Gasteiger partial charge in [0, 0.05) is 5.75 Å². The average Bonchev–Trinajstić information content (AvgIpc) is 2.56. The third-order valence-corrected chi connectivity index (χ3v) is 3.22. The van der Waals surface area contributed by atoms with Crippen molar-refractivity contribution in [2.75, 3.05) is 5.75 Å². The molecule has 1 aromatic carbocycles. The molecule has 0 atom stereocenters. The molecule has 0 amide bonds. The van der Waals surface area contributed by atoms with Crippen molar-refractivity contribution >= 4 is 22.7 Å². The predicted octanol–water partition coefficient (Wildman–Crippen LogP) is -1.01. The third kappa shape index (κ3) is 2.62. The number of rotatable bonds is 3. The van der Waals surface area contributed by atoms with Crippen LogP contribution >= 0.6 is 0 Å². The molecule has 0 saturated heterocycles. The first-order valence-corrected chi connectivity index (χ1v) is 6.38. The summed E-state index contributed by atoms with van der Waals surface area (Å²) in [5.41, 5.74) is 2.25. The number of hydrogen-bond acceptors (Lipinski definition) is 5. The maximum atomic E-state index is 10.5. The van der Waals surface area contributed by atoms with E-state index in [1.54, 1.807) is 18.2 Å². The van der Waals surface area contributed by atoms with Crippen LogP contribution in [0.15, 0.2) is 18.2 Å². The number of aryl methyl sites for hydroxylation is 1. The van der Waals surface area contributed by atoms with Crippen molar-refractivity contribution < 1.29 is 22.6 Å². The van der Waals surface area contributed by atoms with Crippen LogP contribution in [0.5, 0.6) is 0 Å². The Hall–Kier alpha value is -0.885. The van der Waals surface area contributed by atoms with Crippen molar-refractivity contribution in [1.29, 1.82) is 0 Å². The SMILES string of the molecule is O=S(=O)([O-])CCc1ccc2c(c1)B(O)OC2. The van der Waals surface area contributed by atoms with Crippen LogP contribution in [0.3, 0.4) is 0 Å². The number of hydrogen-bond donors (Lipinski definition) is 1. The minimum absolute atomic E-state index is 0.159. The lowest BCUT2D eigenvalue weighted by molar-refractivity contribution is 0.275. The van der Waals surface area contributed by atoms with Crippen molar-refractivity contribution in [2.24, 2.45) is 0 Å². The van der Waals surface area contributed by atoms with Gasteiger partial charge in [0.1, 0.15) is 0 Å². The molecule has 1 heterocycles. The van der Waals surface area contributed by atoms with E-state index < -0.39 is 23.0 Å². The fourth-order valence-electron chi connectivity index (χ4n) is 1.66. The molecule has 0 bridgehead atoms. The van der Waals surface area contributed by atoms with Gasteiger partial charge in [-0.25, -0.2) is 8.42 Å². The van der Waals surface area contributed by atoms with E-state index in [0.717, 1.165) is 5.56 Å². The second-order valence-electron chi connectivity index (χ2n) is 3.71. The van der Waals surface area contributed by atoms with Crippen LogP contribution in [-0.4, -0.2) is 30.9 Å². The van der Waals surface area contributed by atoms with E-state index >= 15 is 0 Å². The molecule has 0 radical (unpaired) electrons. The molecular formula is C9H10BO5S-. The minimum Gasteiger partial charge on any atom is -0.748 e. The first-order valence-electron chi connectivity index (χ1n) is 4.81. The van der Waals surface area contributed by atoms with Crippen LogP contribution in [-0.2, 0) is 27.8 Å². The van der Waals surface area contributed by atoms with Crippen molar-refractivity contribution in [3.8, 4) is 0 Å². The van der Waals surface area contributed by atoms with Gasteiger partial charge >= 0.3 is 7.12 Å². The zero-order chi connectivity index (χ0) is 11.8. The Bertz CT molecular complexity index is 499. The fourth-order valence-corrected chi connectivity index (χ4v) is 2.15. The summed E-state index contributed by atoms with van der Waals surface area (Å²) in [7, 11) is -5.14. The largest absolute Gasteiger partial charge is 0.748 e. The lowest BCUT2D eigenvalue weighted by Crippen LogP contribution is -2.28. The van der Waals surface area contributed by atoms with Gasteiger partial charge in [0.25, 0.3) is 0 Å². The van der Waals surface area contributed by atoms with Crippen LogP contribution in [0, 0.1) is 0 Å². The molecule has 0 aliphatic carbocycles. The van der Waals surface area contributed by atoms with Crippen LogP contribution in [0.25, 0.3) is 0 Å². The highest BCUT2D eigenvalue weighted by Gasteiger charge is 2.26. The maximum absolute atomic E-state index is 10.5. The molecule has 5 nitrogen and oxygen atoms in total. The highest BCUT2D eigenvalue weighted by molar-refractivity contribution is 7.85. The van der Waals surface area contributed by atoms with Gasteiger partial charge < -0.3 is 14.2 Å². The van der Waals surface area contributed by atoms with Crippen LogP contribution in [0.4, 0.5) is 0 Å². The smallest absolute Gasteiger partial charge is 0.491 e. The first kappa shape index (κ1) is 11.6. The monoisotopic (exact) mass is 241 g/mol. The summed E-state index contributed by atoms with van der Waals surface area (Å²) in [6.07, 6.45) is 0.159. The molecule has 0 saturated carbocycles. The molecule has 86 valence electrons. The molecule has 1 aliphatic heterocycles. The average molecular weight is 241 g/mol. The molecule has 7 heteroatoms. The molecule has 0 aromatic heterocycles. The van der Waals surface area contributed by atoms with E-state index in [4.69, 9.17) is 4.65 Å². The third-order valence-electron chi connectivity index (χ3n) is 2.51. The summed E-state index contributed by atoms with van der Waals surface area (Å²) in [4.78, 5) is 0. The Balaban J connectivity index is 2.16. The van der Waals surface area contributed by atoms with Crippen LogP contribution < -0.4 is 5.46 Å². The van der Waals surface area contributed by atoms with Gasteiger partial charge in [-0.05, 0) is 23.0 Å². The van der Waals surface area contributed by atoms with Crippen molar-refractivity contribution in [3.05, 3.63) is 29.3 Å². The summed E-state index contributed by atoms with van der Waals surface area (Å²) >= 11 is 0. The van der Waals surface area contributed by atoms with Crippen molar-refractivity contribution in [3.63, 3.8) is 0 Å². The normalized spacial score (nSPS) is 15.2. The Morgan fingerprint density at radius 3 is 2.94 bits per heavy atom. The second-order valence-corrected chi connectivity index (χ2v) is 5.23.